The minimum absolute atomic E-state index is 0.515. The van der Waals surface area contributed by atoms with Gasteiger partial charge in [-0.3, -0.25) is 4.98 Å². The topological polar surface area (TPSA) is 45.1 Å². The quantitative estimate of drug-likeness (QED) is 0.828. The Kier molecular flexibility index (Phi) is 2.79. The molecule has 0 saturated heterocycles. The molecule has 0 aliphatic carbocycles. The van der Waals surface area contributed by atoms with E-state index in [1.807, 2.05) is 30.3 Å². The van der Waals surface area contributed by atoms with E-state index < -0.39 is 5.60 Å². The van der Waals surface area contributed by atoms with E-state index in [1.54, 1.807) is 20.0 Å². The van der Waals surface area contributed by atoms with Gasteiger partial charge in [0.2, 0.25) is 0 Å². The van der Waals surface area contributed by atoms with E-state index >= 15 is 0 Å². The number of aromatic nitrogens is 1. The number of nitrogens with one attached hydrogen (secondary N) is 1. The third kappa shape index (κ3) is 2.49. The highest BCUT2D eigenvalue weighted by Crippen LogP contribution is 2.21. The highest BCUT2D eigenvalue weighted by molar-refractivity contribution is 5.90. The Morgan fingerprint density at radius 1 is 1.25 bits per heavy atom. The summed E-state index contributed by atoms with van der Waals surface area (Å²) in [6.07, 6.45) is 1.77. The SMILES string of the molecule is CC(C)(O)CNc1ccnc2ccccc12. The van der Waals surface area contributed by atoms with Gasteiger partial charge < -0.3 is 10.4 Å². The van der Waals surface area contributed by atoms with Crippen LogP contribution in [0.1, 0.15) is 13.8 Å². The molecular weight excluding hydrogens is 200 g/mol. The molecule has 0 unspecified atom stereocenters. The number of fused-ring (bicyclic) bond motifs is 1. The molecule has 1 aromatic heterocycles. The Labute approximate surface area is 95.1 Å². The first kappa shape index (κ1) is 10.9. The van der Waals surface area contributed by atoms with Gasteiger partial charge in [-0.25, -0.2) is 0 Å². The Bertz CT molecular complexity index is 483. The maximum atomic E-state index is 9.67. The van der Waals surface area contributed by atoms with E-state index in [9.17, 15) is 5.11 Å². The molecule has 1 aromatic carbocycles. The number of nitrogens with zero attached hydrogens (tertiary/aromatic N) is 1. The monoisotopic (exact) mass is 216 g/mol. The van der Waals surface area contributed by atoms with Gasteiger partial charge in [0.25, 0.3) is 0 Å². The van der Waals surface area contributed by atoms with Crippen molar-refractivity contribution in [2.24, 2.45) is 0 Å². The molecule has 3 nitrogen and oxygen atoms in total. The fourth-order valence-corrected chi connectivity index (χ4v) is 1.56. The maximum Gasteiger partial charge on any atom is 0.0763 e. The molecule has 0 spiro atoms. The van der Waals surface area contributed by atoms with E-state index in [4.69, 9.17) is 0 Å². The predicted octanol–water partition coefficient (Wildman–Crippen LogP) is 2.42. The Morgan fingerprint density at radius 3 is 2.75 bits per heavy atom. The minimum Gasteiger partial charge on any atom is -0.389 e. The number of pyridine rings is 1. The van der Waals surface area contributed by atoms with E-state index in [1.165, 1.54) is 0 Å². The molecule has 84 valence electrons. The lowest BCUT2D eigenvalue weighted by atomic mass is 10.1. The van der Waals surface area contributed by atoms with Crippen LogP contribution in [0.25, 0.3) is 10.9 Å². The smallest absolute Gasteiger partial charge is 0.0763 e. The molecular formula is C13H16N2O. The summed E-state index contributed by atoms with van der Waals surface area (Å²) in [5.74, 6) is 0. The van der Waals surface area contributed by atoms with Crippen LogP contribution in [0.4, 0.5) is 5.69 Å². The second kappa shape index (κ2) is 4.10. The number of hydrogen-bond acceptors (Lipinski definition) is 3. The summed E-state index contributed by atoms with van der Waals surface area (Å²) in [5, 5.41) is 14.0. The van der Waals surface area contributed by atoms with Crippen LogP contribution in [0.2, 0.25) is 0 Å². The number of aliphatic hydroxyl groups is 1. The molecule has 0 bridgehead atoms. The van der Waals surface area contributed by atoms with E-state index in [0.29, 0.717) is 6.54 Å². The van der Waals surface area contributed by atoms with Crippen molar-refractivity contribution in [1.29, 1.82) is 0 Å². The van der Waals surface area contributed by atoms with Gasteiger partial charge in [0.1, 0.15) is 0 Å². The first-order chi connectivity index (χ1) is 7.56. The molecule has 0 saturated carbocycles. The van der Waals surface area contributed by atoms with Crippen LogP contribution in [0.15, 0.2) is 36.5 Å². The zero-order valence-corrected chi connectivity index (χ0v) is 9.57. The zero-order valence-electron chi connectivity index (χ0n) is 9.57. The van der Waals surface area contributed by atoms with Crippen molar-refractivity contribution in [3.63, 3.8) is 0 Å². The highest BCUT2D eigenvalue weighted by atomic mass is 16.3. The van der Waals surface area contributed by atoms with Gasteiger partial charge in [0.15, 0.2) is 0 Å². The van der Waals surface area contributed by atoms with Gasteiger partial charge in [-0.15, -0.1) is 0 Å². The lowest BCUT2D eigenvalue weighted by Crippen LogP contribution is -2.29. The Hall–Kier alpha value is -1.61. The highest BCUT2D eigenvalue weighted by Gasteiger charge is 2.12. The van der Waals surface area contributed by atoms with Gasteiger partial charge in [0, 0.05) is 23.8 Å². The molecule has 1 heterocycles. The molecule has 0 radical (unpaired) electrons. The molecule has 2 rings (SSSR count). The van der Waals surface area contributed by atoms with Crippen molar-refractivity contribution in [2.45, 2.75) is 19.4 Å². The van der Waals surface area contributed by atoms with Gasteiger partial charge in [-0.2, -0.15) is 0 Å². The standard InChI is InChI=1S/C13H16N2O/c1-13(2,16)9-15-12-7-8-14-11-6-4-3-5-10(11)12/h3-8,16H,9H2,1-2H3,(H,14,15). The van der Waals surface area contributed by atoms with Gasteiger partial charge in [-0.1, -0.05) is 18.2 Å². The van der Waals surface area contributed by atoms with Crippen LogP contribution >= 0.6 is 0 Å². The molecule has 3 heteroatoms. The van der Waals surface area contributed by atoms with Gasteiger partial charge in [0.05, 0.1) is 11.1 Å². The lowest BCUT2D eigenvalue weighted by Gasteiger charge is -2.19. The van der Waals surface area contributed by atoms with Crippen molar-refractivity contribution in [3.8, 4) is 0 Å². The zero-order chi connectivity index (χ0) is 11.6. The summed E-state index contributed by atoms with van der Waals surface area (Å²) in [5.41, 5.74) is 1.25. The third-order valence-corrected chi connectivity index (χ3v) is 2.36. The largest absolute Gasteiger partial charge is 0.389 e. The average Bonchev–Trinajstić information content (AvgIpc) is 2.25. The van der Waals surface area contributed by atoms with Crippen molar-refractivity contribution >= 4 is 16.6 Å². The average molecular weight is 216 g/mol. The van der Waals surface area contributed by atoms with Crippen molar-refractivity contribution in [2.75, 3.05) is 11.9 Å². The molecule has 16 heavy (non-hydrogen) atoms. The number of rotatable bonds is 3. The summed E-state index contributed by atoms with van der Waals surface area (Å²) < 4.78 is 0. The van der Waals surface area contributed by atoms with Gasteiger partial charge in [-0.05, 0) is 26.0 Å². The van der Waals surface area contributed by atoms with Crippen LogP contribution in [-0.4, -0.2) is 22.2 Å². The molecule has 0 atom stereocenters. The van der Waals surface area contributed by atoms with E-state index in [-0.39, 0.29) is 0 Å². The molecule has 0 aliphatic rings. The second-order valence-corrected chi connectivity index (χ2v) is 4.54. The van der Waals surface area contributed by atoms with Crippen LogP contribution in [0.5, 0.6) is 0 Å². The van der Waals surface area contributed by atoms with Crippen LogP contribution < -0.4 is 5.32 Å². The molecule has 2 aromatic rings. The fourth-order valence-electron chi connectivity index (χ4n) is 1.56. The minimum atomic E-state index is -0.718. The summed E-state index contributed by atoms with van der Waals surface area (Å²) in [6.45, 7) is 4.08. The second-order valence-electron chi connectivity index (χ2n) is 4.54. The summed E-state index contributed by atoms with van der Waals surface area (Å²) >= 11 is 0. The lowest BCUT2D eigenvalue weighted by molar-refractivity contribution is 0.0945. The normalized spacial score (nSPS) is 11.7. The number of anilines is 1. The molecule has 0 aliphatic heterocycles. The van der Waals surface area contributed by atoms with Crippen LogP contribution in [-0.2, 0) is 0 Å². The first-order valence-electron chi connectivity index (χ1n) is 5.36. The van der Waals surface area contributed by atoms with Crippen molar-refractivity contribution in [3.05, 3.63) is 36.5 Å². The van der Waals surface area contributed by atoms with Crippen molar-refractivity contribution < 1.29 is 5.11 Å². The molecule has 0 amide bonds. The Balaban J connectivity index is 2.30. The third-order valence-electron chi connectivity index (χ3n) is 2.36. The maximum absolute atomic E-state index is 9.67. The fraction of sp³-hybridized carbons (Fsp3) is 0.308. The van der Waals surface area contributed by atoms with Crippen molar-refractivity contribution in [1.82, 2.24) is 4.98 Å². The summed E-state index contributed by atoms with van der Waals surface area (Å²) in [4.78, 5) is 4.28. The molecule has 0 fully saturated rings. The van der Waals surface area contributed by atoms with E-state index in [2.05, 4.69) is 10.3 Å². The van der Waals surface area contributed by atoms with Gasteiger partial charge >= 0.3 is 0 Å². The number of benzene rings is 1. The van der Waals surface area contributed by atoms with Crippen LogP contribution in [0, 0.1) is 0 Å². The summed E-state index contributed by atoms with van der Waals surface area (Å²) in [7, 11) is 0. The Morgan fingerprint density at radius 2 is 2.00 bits per heavy atom. The number of para-hydroxylation sites is 1. The van der Waals surface area contributed by atoms with E-state index in [0.717, 1.165) is 16.6 Å². The predicted molar refractivity (Wildman–Crippen MR) is 66.5 cm³/mol. The first-order valence-corrected chi connectivity index (χ1v) is 5.36. The van der Waals surface area contributed by atoms with Crippen LogP contribution in [0.3, 0.4) is 0 Å². The molecule has 2 N–H and O–H groups in total. The summed E-state index contributed by atoms with van der Waals surface area (Å²) in [6, 6.07) is 9.88. The number of hydrogen-bond donors (Lipinski definition) is 2.